The highest BCUT2D eigenvalue weighted by Crippen LogP contribution is 2.43. The number of ether oxygens (including phenoxy) is 2. The van der Waals surface area contributed by atoms with Gasteiger partial charge < -0.3 is 9.47 Å². The highest BCUT2D eigenvalue weighted by atomic mass is 16.5. The van der Waals surface area contributed by atoms with Crippen LogP contribution in [-0.2, 0) is 48.4 Å². The topological polar surface area (TPSA) is 18.5 Å². The van der Waals surface area contributed by atoms with Gasteiger partial charge in [0.2, 0.25) is 0 Å². The first-order valence-electron chi connectivity index (χ1n) is 15.3. The van der Waals surface area contributed by atoms with E-state index in [9.17, 15) is 0 Å². The van der Waals surface area contributed by atoms with Crippen LogP contribution in [0, 0.1) is 0 Å². The molecule has 2 nitrogen and oxygen atoms in total. The van der Waals surface area contributed by atoms with Gasteiger partial charge in [0, 0.05) is 13.2 Å². The Hall–Kier alpha value is -2.42. The zero-order valence-corrected chi connectivity index (χ0v) is 24.8. The fraction of sp³-hybridized carbons (Fsp3) is 0.500. The average Bonchev–Trinajstić information content (AvgIpc) is 2.93. The summed E-state index contributed by atoms with van der Waals surface area (Å²) >= 11 is 0. The van der Waals surface area contributed by atoms with Gasteiger partial charge in [-0.05, 0) is 111 Å². The van der Waals surface area contributed by atoms with Gasteiger partial charge in [-0.3, -0.25) is 0 Å². The molecule has 0 amide bonds. The Bertz CT molecular complexity index is 1380. The van der Waals surface area contributed by atoms with Crippen LogP contribution in [0.15, 0.2) is 36.4 Å². The Balaban J connectivity index is 2.28. The molecule has 0 atom stereocenters. The summed E-state index contributed by atoms with van der Waals surface area (Å²) in [4.78, 5) is 0. The fourth-order valence-electron chi connectivity index (χ4n) is 6.46. The third kappa shape index (κ3) is 5.49. The molecular weight excluding hydrogens is 464 g/mol. The summed E-state index contributed by atoms with van der Waals surface area (Å²) in [6, 6.07) is 14.2. The van der Waals surface area contributed by atoms with Gasteiger partial charge in [0.15, 0.2) is 0 Å². The van der Waals surface area contributed by atoms with E-state index < -0.39 is 0 Å². The number of rotatable bonds is 14. The van der Waals surface area contributed by atoms with Crippen LogP contribution in [0.2, 0.25) is 0 Å². The van der Waals surface area contributed by atoms with Crippen molar-refractivity contribution in [2.75, 3.05) is 13.2 Å². The third-order valence-electron chi connectivity index (χ3n) is 7.97. The maximum absolute atomic E-state index is 6.16. The van der Waals surface area contributed by atoms with Crippen LogP contribution in [0.5, 0.6) is 0 Å². The molecule has 38 heavy (non-hydrogen) atoms. The van der Waals surface area contributed by atoms with Crippen LogP contribution in [0.3, 0.4) is 0 Å². The summed E-state index contributed by atoms with van der Waals surface area (Å²) < 4.78 is 12.3. The van der Waals surface area contributed by atoms with Crippen molar-refractivity contribution in [1.82, 2.24) is 0 Å². The molecule has 0 fully saturated rings. The lowest BCUT2D eigenvalue weighted by molar-refractivity contribution is 0.119. The lowest BCUT2D eigenvalue weighted by atomic mass is 9.80. The predicted molar refractivity (Wildman–Crippen MR) is 166 cm³/mol. The zero-order chi connectivity index (χ0) is 27.1. The molecule has 0 radical (unpaired) electrons. The standard InChI is InChI=1S/C36H48O2/c1-7-15-25-21-32-35(30-20-14-13-19-27(25)30)26(16-8-2)22-31-28(17-9-3)33(23-37-11-5)34(24-38-12-6)29(18-10-4)36(31)32/h13-14,19-22H,7-12,15-18,23-24H2,1-6H3. The van der Waals surface area contributed by atoms with E-state index in [4.69, 9.17) is 9.47 Å². The molecule has 0 spiro atoms. The molecule has 4 aromatic rings. The largest absolute Gasteiger partial charge is 0.377 e. The lowest BCUT2D eigenvalue weighted by Gasteiger charge is -2.25. The number of hydrogen-bond donors (Lipinski definition) is 0. The van der Waals surface area contributed by atoms with Crippen LogP contribution in [-0.4, -0.2) is 13.2 Å². The minimum Gasteiger partial charge on any atom is -0.377 e. The molecule has 0 saturated carbocycles. The van der Waals surface area contributed by atoms with E-state index in [1.54, 1.807) is 0 Å². The molecule has 0 aliphatic rings. The lowest BCUT2D eigenvalue weighted by Crippen LogP contribution is -2.11. The fourth-order valence-corrected chi connectivity index (χ4v) is 6.46. The molecule has 0 unspecified atom stereocenters. The molecule has 0 saturated heterocycles. The van der Waals surface area contributed by atoms with E-state index in [0.717, 1.165) is 64.6 Å². The number of aryl methyl sites for hydroxylation is 4. The number of hydrogen-bond acceptors (Lipinski definition) is 2. The van der Waals surface area contributed by atoms with Gasteiger partial charge in [-0.1, -0.05) is 83.7 Å². The third-order valence-corrected chi connectivity index (χ3v) is 7.97. The van der Waals surface area contributed by atoms with Crippen molar-refractivity contribution in [2.24, 2.45) is 0 Å². The van der Waals surface area contributed by atoms with Gasteiger partial charge in [-0.25, -0.2) is 0 Å². The second-order valence-corrected chi connectivity index (χ2v) is 10.7. The van der Waals surface area contributed by atoms with Crippen LogP contribution >= 0.6 is 0 Å². The molecule has 204 valence electrons. The Kier molecular flexibility index (Phi) is 10.2. The molecule has 0 N–H and O–H groups in total. The number of fused-ring (bicyclic) bond motifs is 5. The van der Waals surface area contributed by atoms with E-state index in [2.05, 4.69) is 77.9 Å². The quantitative estimate of drug-likeness (QED) is 0.156. The van der Waals surface area contributed by atoms with Gasteiger partial charge in [0.05, 0.1) is 13.2 Å². The minimum atomic E-state index is 0.661. The van der Waals surface area contributed by atoms with E-state index >= 15 is 0 Å². The van der Waals surface area contributed by atoms with Crippen molar-refractivity contribution in [1.29, 1.82) is 0 Å². The normalized spacial score (nSPS) is 11.8. The van der Waals surface area contributed by atoms with E-state index in [1.165, 1.54) is 65.7 Å². The van der Waals surface area contributed by atoms with Crippen LogP contribution < -0.4 is 0 Å². The van der Waals surface area contributed by atoms with Gasteiger partial charge in [0.25, 0.3) is 0 Å². The Labute approximate surface area is 230 Å². The molecule has 0 aliphatic heterocycles. The Morgan fingerprint density at radius 2 is 1.00 bits per heavy atom. The summed E-state index contributed by atoms with van der Waals surface area (Å²) in [5.74, 6) is 0. The molecule has 0 heterocycles. The minimum absolute atomic E-state index is 0.661. The van der Waals surface area contributed by atoms with E-state index in [0.29, 0.717) is 13.2 Å². The highest BCUT2D eigenvalue weighted by Gasteiger charge is 2.23. The first-order chi connectivity index (χ1) is 18.6. The van der Waals surface area contributed by atoms with Crippen LogP contribution in [0.1, 0.15) is 101 Å². The predicted octanol–water partition coefficient (Wildman–Crippen LogP) is 10.0. The average molecular weight is 513 g/mol. The van der Waals surface area contributed by atoms with Crippen molar-refractivity contribution >= 4 is 32.3 Å². The summed E-state index contributed by atoms with van der Waals surface area (Å²) in [6.07, 6.45) is 8.86. The molecule has 0 bridgehead atoms. The Morgan fingerprint density at radius 1 is 0.474 bits per heavy atom. The molecule has 0 aromatic heterocycles. The first-order valence-corrected chi connectivity index (χ1v) is 15.3. The van der Waals surface area contributed by atoms with Crippen molar-refractivity contribution in [3.8, 4) is 0 Å². The van der Waals surface area contributed by atoms with Crippen LogP contribution in [0.4, 0.5) is 0 Å². The summed E-state index contributed by atoms with van der Waals surface area (Å²) in [5.41, 5.74) is 8.71. The zero-order valence-electron chi connectivity index (χ0n) is 24.8. The van der Waals surface area contributed by atoms with Crippen LogP contribution in [0.25, 0.3) is 32.3 Å². The van der Waals surface area contributed by atoms with Crippen molar-refractivity contribution in [3.63, 3.8) is 0 Å². The smallest absolute Gasteiger partial charge is 0.0723 e. The molecule has 4 aromatic carbocycles. The monoisotopic (exact) mass is 512 g/mol. The first kappa shape index (κ1) is 28.6. The van der Waals surface area contributed by atoms with Crippen molar-refractivity contribution in [2.45, 2.75) is 106 Å². The van der Waals surface area contributed by atoms with Gasteiger partial charge >= 0.3 is 0 Å². The number of benzene rings is 4. The molecule has 2 heteroatoms. The van der Waals surface area contributed by atoms with Crippen molar-refractivity contribution < 1.29 is 9.47 Å². The van der Waals surface area contributed by atoms with Gasteiger partial charge in [-0.15, -0.1) is 0 Å². The summed E-state index contributed by atoms with van der Waals surface area (Å²) in [5, 5.41) is 8.70. The van der Waals surface area contributed by atoms with E-state index in [-0.39, 0.29) is 0 Å². The second-order valence-electron chi connectivity index (χ2n) is 10.7. The summed E-state index contributed by atoms with van der Waals surface area (Å²) in [6.45, 7) is 16.2. The molecular formula is C36H48O2. The van der Waals surface area contributed by atoms with Gasteiger partial charge in [-0.2, -0.15) is 0 Å². The maximum atomic E-state index is 6.16. The SMILES string of the molecule is CCCc1cc2c3c(CCC)c(COCC)c(COCC)c(CCC)c3cc(CCC)c2c2ccccc12. The summed E-state index contributed by atoms with van der Waals surface area (Å²) in [7, 11) is 0. The Morgan fingerprint density at radius 3 is 1.61 bits per heavy atom. The maximum Gasteiger partial charge on any atom is 0.0723 e. The van der Waals surface area contributed by atoms with Gasteiger partial charge in [0.1, 0.15) is 0 Å². The van der Waals surface area contributed by atoms with Crippen molar-refractivity contribution in [3.05, 3.63) is 69.8 Å². The second kappa shape index (κ2) is 13.6. The van der Waals surface area contributed by atoms with E-state index in [1.807, 2.05) is 0 Å². The molecule has 0 aliphatic carbocycles. The highest BCUT2D eigenvalue weighted by molar-refractivity contribution is 6.21. The molecule has 4 rings (SSSR count).